The van der Waals surface area contributed by atoms with Gasteiger partial charge in [-0.25, -0.2) is 0 Å². The summed E-state index contributed by atoms with van der Waals surface area (Å²) in [6.07, 6.45) is 10.4. The maximum atomic E-state index is 5.67. The molecule has 0 aromatic carbocycles. The number of ether oxygens (including phenoxy) is 1. The van der Waals surface area contributed by atoms with Crippen LogP contribution in [0.4, 0.5) is 0 Å². The highest BCUT2D eigenvalue weighted by Crippen LogP contribution is 2.20. The van der Waals surface area contributed by atoms with Crippen molar-refractivity contribution in [1.82, 2.24) is 9.88 Å². The number of hydrogen-bond acceptors (Lipinski definition) is 2. The summed E-state index contributed by atoms with van der Waals surface area (Å²) in [4.78, 5) is 0. The first-order valence-electron chi connectivity index (χ1n) is 7.41. The zero-order valence-corrected chi connectivity index (χ0v) is 11.1. The average molecular weight is 248 g/mol. The van der Waals surface area contributed by atoms with Crippen molar-refractivity contribution < 1.29 is 4.74 Å². The third-order valence-electron chi connectivity index (χ3n) is 4.02. The molecule has 1 unspecified atom stereocenters. The first-order valence-corrected chi connectivity index (χ1v) is 7.41. The molecule has 2 fully saturated rings. The molecular formula is C15H24N2O. The molecule has 1 saturated heterocycles. The van der Waals surface area contributed by atoms with Crippen LogP contribution >= 0.6 is 0 Å². The van der Waals surface area contributed by atoms with Gasteiger partial charge in [-0.2, -0.15) is 0 Å². The Morgan fingerprint density at radius 2 is 2.28 bits per heavy atom. The number of nitrogens with one attached hydrogen (secondary N) is 1. The maximum absolute atomic E-state index is 5.67. The van der Waals surface area contributed by atoms with Crippen LogP contribution < -0.4 is 5.32 Å². The summed E-state index contributed by atoms with van der Waals surface area (Å²) in [5, 5.41) is 3.59. The first kappa shape index (κ1) is 12.2. The Kier molecular flexibility index (Phi) is 4.01. The minimum atomic E-state index is 0.536. The van der Waals surface area contributed by atoms with Gasteiger partial charge in [0.1, 0.15) is 0 Å². The van der Waals surface area contributed by atoms with Gasteiger partial charge in [0.25, 0.3) is 0 Å². The van der Waals surface area contributed by atoms with E-state index in [1.165, 1.54) is 44.2 Å². The summed E-state index contributed by atoms with van der Waals surface area (Å²) >= 11 is 0. The van der Waals surface area contributed by atoms with Gasteiger partial charge in [0, 0.05) is 37.6 Å². The first-order chi connectivity index (χ1) is 8.92. The fraction of sp³-hybridized carbons (Fsp3) is 0.733. The van der Waals surface area contributed by atoms with E-state index in [-0.39, 0.29) is 0 Å². The molecule has 18 heavy (non-hydrogen) atoms. The predicted molar refractivity (Wildman–Crippen MR) is 72.5 cm³/mol. The highest BCUT2D eigenvalue weighted by molar-refractivity contribution is 5.07. The largest absolute Gasteiger partial charge is 0.378 e. The number of rotatable bonds is 7. The zero-order chi connectivity index (χ0) is 12.2. The second-order valence-corrected chi connectivity index (χ2v) is 5.63. The highest BCUT2D eigenvalue weighted by atomic mass is 16.5. The summed E-state index contributed by atoms with van der Waals surface area (Å²) in [5.74, 6) is 0. The van der Waals surface area contributed by atoms with Gasteiger partial charge >= 0.3 is 0 Å². The Bertz CT molecular complexity index is 364. The van der Waals surface area contributed by atoms with Crippen molar-refractivity contribution in [1.29, 1.82) is 0 Å². The van der Waals surface area contributed by atoms with E-state index in [0.717, 1.165) is 25.7 Å². The van der Waals surface area contributed by atoms with Crippen LogP contribution in [-0.2, 0) is 17.8 Å². The van der Waals surface area contributed by atoms with Crippen molar-refractivity contribution in [3.63, 3.8) is 0 Å². The molecule has 1 atom stereocenters. The van der Waals surface area contributed by atoms with Gasteiger partial charge in [-0.3, -0.25) is 0 Å². The lowest BCUT2D eigenvalue weighted by molar-refractivity contribution is 0.101. The fourth-order valence-corrected chi connectivity index (χ4v) is 2.73. The molecule has 1 saturated carbocycles. The molecule has 2 heterocycles. The Balaban J connectivity index is 1.41. The van der Waals surface area contributed by atoms with Crippen molar-refractivity contribution >= 4 is 0 Å². The summed E-state index contributed by atoms with van der Waals surface area (Å²) in [5.41, 5.74) is 1.43. The monoisotopic (exact) mass is 248 g/mol. The van der Waals surface area contributed by atoms with E-state index >= 15 is 0 Å². The molecule has 3 heteroatoms. The molecule has 1 aliphatic heterocycles. The SMILES string of the molecule is c1cc(CNC2CC2)n(CCCC2CCCO2)c1. The topological polar surface area (TPSA) is 26.2 Å². The standard InChI is InChI=1S/C15H24N2O/c1-4-14(12-16-13-7-8-13)17(9-1)10-2-5-15-6-3-11-18-15/h1,4,9,13,15-16H,2-3,5-8,10-12H2. The van der Waals surface area contributed by atoms with Crippen LogP contribution in [-0.4, -0.2) is 23.3 Å². The maximum Gasteiger partial charge on any atom is 0.0576 e. The molecule has 0 amide bonds. The third-order valence-corrected chi connectivity index (χ3v) is 4.02. The minimum Gasteiger partial charge on any atom is -0.378 e. The van der Waals surface area contributed by atoms with Crippen LogP contribution in [0.5, 0.6) is 0 Å². The van der Waals surface area contributed by atoms with Crippen LogP contribution in [0.15, 0.2) is 18.3 Å². The number of aromatic nitrogens is 1. The van der Waals surface area contributed by atoms with Gasteiger partial charge in [-0.05, 0) is 50.7 Å². The molecule has 3 rings (SSSR count). The molecular weight excluding hydrogens is 224 g/mol. The van der Waals surface area contributed by atoms with Gasteiger partial charge in [0.2, 0.25) is 0 Å². The summed E-state index contributed by atoms with van der Waals surface area (Å²) < 4.78 is 8.06. The molecule has 100 valence electrons. The third kappa shape index (κ3) is 3.36. The van der Waals surface area contributed by atoms with Gasteiger partial charge in [-0.15, -0.1) is 0 Å². The molecule has 2 aliphatic rings. The van der Waals surface area contributed by atoms with E-state index < -0.39 is 0 Å². The second kappa shape index (κ2) is 5.89. The molecule has 3 nitrogen and oxygen atoms in total. The Labute approximate surface area is 110 Å². The predicted octanol–water partition coefficient (Wildman–Crippen LogP) is 2.70. The Morgan fingerprint density at radius 1 is 1.33 bits per heavy atom. The van der Waals surface area contributed by atoms with Gasteiger partial charge in [-0.1, -0.05) is 0 Å². The van der Waals surface area contributed by atoms with Crippen molar-refractivity contribution in [2.24, 2.45) is 0 Å². The molecule has 0 bridgehead atoms. The fourth-order valence-electron chi connectivity index (χ4n) is 2.73. The molecule has 1 aromatic heterocycles. The molecule has 0 spiro atoms. The number of aryl methyl sites for hydroxylation is 1. The lowest BCUT2D eigenvalue weighted by atomic mass is 10.1. The van der Waals surface area contributed by atoms with Gasteiger partial charge < -0.3 is 14.6 Å². The lowest BCUT2D eigenvalue weighted by Gasteiger charge is -2.12. The van der Waals surface area contributed by atoms with E-state index in [2.05, 4.69) is 28.2 Å². The summed E-state index contributed by atoms with van der Waals surface area (Å²) in [7, 11) is 0. The average Bonchev–Trinajstić information content (AvgIpc) is 2.89. The van der Waals surface area contributed by atoms with E-state index in [1.54, 1.807) is 0 Å². The Morgan fingerprint density at radius 3 is 3.06 bits per heavy atom. The molecule has 1 N–H and O–H groups in total. The summed E-state index contributed by atoms with van der Waals surface area (Å²) in [6.45, 7) is 3.14. The second-order valence-electron chi connectivity index (χ2n) is 5.63. The normalized spacial score (nSPS) is 23.7. The smallest absolute Gasteiger partial charge is 0.0576 e. The van der Waals surface area contributed by atoms with Crippen molar-refractivity contribution in [2.45, 2.75) is 63.8 Å². The quantitative estimate of drug-likeness (QED) is 0.803. The molecule has 1 aromatic rings. The number of hydrogen-bond donors (Lipinski definition) is 1. The van der Waals surface area contributed by atoms with E-state index in [4.69, 9.17) is 4.74 Å². The molecule has 1 aliphatic carbocycles. The molecule has 0 radical (unpaired) electrons. The van der Waals surface area contributed by atoms with E-state index in [0.29, 0.717) is 6.10 Å². The van der Waals surface area contributed by atoms with Crippen LogP contribution in [0.25, 0.3) is 0 Å². The van der Waals surface area contributed by atoms with Crippen molar-refractivity contribution in [3.8, 4) is 0 Å². The van der Waals surface area contributed by atoms with Crippen LogP contribution in [0, 0.1) is 0 Å². The van der Waals surface area contributed by atoms with Gasteiger partial charge in [0.05, 0.1) is 6.10 Å². The Hall–Kier alpha value is -0.800. The van der Waals surface area contributed by atoms with Crippen molar-refractivity contribution in [3.05, 3.63) is 24.0 Å². The van der Waals surface area contributed by atoms with E-state index in [9.17, 15) is 0 Å². The lowest BCUT2D eigenvalue weighted by Crippen LogP contribution is -2.18. The summed E-state index contributed by atoms with van der Waals surface area (Å²) in [6, 6.07) is 5.19. The zero-order valence-electron chi connectivity index (χ0n) is 11.1. The number of nitrogens with zero attached hydrogens (tertiary/aromatic N) is 1. The van der Waals surface area contributed by atoms with Crippen LogP contribution in [0.2, 0.25) is 0 Å². The minimum absolute atomic E-state index is 0.536. The van der Waals surface area contributed by atoms with Crippen molar-refractivity contribution in [2.75, 3.05) is 6.61 Å². The van der Waals surface area contributed by atoms with Crippen LogP contribution in [0.1, 0.15) is 44.2 Å². The van der Waals surface area contributed by atoms with Crippen LogP contribution in [0.3, 0.4) is 0 Å². The van der Waals surface area contributed by atoms with Gasteiger partial charge in [0.15, 0.2) is 0 Å². The highest BCUT2D eigenvalue weighted by Gasteiger charge is 2.20. The van der Waals surface area contributed by atoms with E-state index in [1.807, 2.05) is 0 Å².